The summed E-state index contributed by atoms with van der Waals surface area (Å²) in [5, 5.41) is 12.9. The maximum Gasteiger partial charge on any atom is 0.129 e. The summed E-state index contributed by atoms with van der Waals surface area (Å²) < 4.78 is 27.5. The summed E-state index contributed by atoms with van der Waals surface area (Å²) >= 11 is 3.41. The van der Waals surface area contributed by atoms with Gasteiger partial charge in [-0.15, -0.1) is 0 Å². The minimum absolute atomic E-state index is 0.0522. The number of hydrogen-bond acceptors (Lipinski definition) is 2. The summed E-state index contributed by atoms with van der Waals surface area (Å²) in [6, 6.07) is 8.68. The zero-order chi connectivity index (χ0) is 14.7. The van der Waals surface area contributed by atoms with Crippen molar-refractivity contribution in [2.24, 2.45) is 0 Å². The van der Waals surface area contributed by atoms with Crippen LogP contribution < -0.4 is 5.32 Å². The Balaban J connectivity index is 2.06. The highest BCUT2D eigenvalue weighted by Crippen LogP contribution is 2.22. The Morgan fingerprint density at radius 3 is 2.65 bits per heavy atom. The minimum Gasteiger partial charge on any atom is -0.386 e. The van der Waals surface area contributed by atoms with Crippen molar-refractivity contribution in [3.05, 3.63) is 63.6 Å². The molecule has 0 aliphatic rings. The summed E-state index contributed by atoms with van der Waals surface area (Å²) in [6.07, 6.45) is -1.12. The molecule has 0 bridgehead atoms. The zero-order valence-electron chi connectivity index (χ0n) is 10.8. The molecule has 0 spiro atoms. The Morgan fingerprint density at radius 2 is 1.95 bits per heavy atom. The Hall–Kier alpha value is -1.46. The van der Waals surface area contributed by atoms with Gasteiger partial charge >= 0.3 is 0 Å². The second kappa shape index (κ2) is 6.33. The molecule has 0 amide bonds. The van der Waals surface area contributed by atoms with Gasteiger partial charge in [0.05, 0.1) is 6.10 Å². The predicted molar refractivity (Wildman–Crippen MR) is 78.7 cm³/mol. The van der Waals surface area contributed by atoms with E-state index in [1.807, 2.05) is 25.1 Å². The Kier molecular flexibility index (Phi) is 4.73. The molecule has 0 heterocycles. The highest BCUT2D eigenvalue weighted by Gasteiger charge is 2.13. The molecule has 2 rings (SSSR count). The van der Waals surface area contributed by atoms with E-state index in [-0.39, 0.29) is 12.1 Å². The molecule has 2 aromatic carbocycles. The van der Waals surface area contributed by atoms with E-state index in [9.17, 15) is 13.9 Å². The molecular formula is C15H14BrF2NO. The SMILES string of the molecule is Cc1ccc(NCC(O)c2cc(F)ccc2F)cc1Br. The fraction of sp³-hybridized carbons (Fsp3) is 0.200. The quantitative estimate of drug-likeness (QED) is 0.874. The lowest BCUT2D eigenvalue weighted by molar-refractivity contribution is 0.186. The van der Waals surface area contributed by atoms with E-state index >= 15 is 0 Å². The first-order valence-corrected chi connectivity index (χ1v) is 6.89. The molecule has 5 heteroatoms. The Labute approximate surface area is 124 Å². The Morgan fingerprint density at radius 1 is 1.20 bits per heavy atom. The van der Waals surface area contributed by atoms with Crippen molar-refractivity contribution in [3.63, 3.8) is 0 Å². The average molecular weight is 342 g/mol. The number of halogens is 3. The monoisotopic (exact) mass is 341 g/mol. The molecule has 2 aromatic rings. The lowest BCUT2D eigenvalue weighted by Gasteiger charge is -2.14. The molecule has 1 atom stereocenters. The van der Waals surface area contributed by atoms with E-state index in [1.54, 1.807) is 0 Å². The molecule has 0 aromatic heterocycles. The number of benzene rings is 2. The number of aliphatic hydroxyl groups is 1. The van der Waals surface area contributed by atoms with Crippen LogP contribution in [0.4, 0.5) is 14.5 Å². The summed E-state index contributed by atoms with van der Waals surface area (Å²) in [6.45, 7) is 2.06. The van der Waals surface area contributed by atoms with Gasteiger partial charge in [0.25, 0.3) is 0 Å². The molecule has 0 aliphatic carbocycles. The smallest absolute Gasteiger partial charge is 0.129 e. The van der Waals surface area contributed by atoms with Crippen LogP contribution in [0.3, 0.4) is 0 Å². The van der Waals surface area contributed by atoms with Crippen molar-refractivity contribution >= 4 is 21.6 Å². The van der Waals surface area contributed by atoms with E-state index in [0.29, 0.717) is 0 Å². The first-order valence-electron chi connectivity index (χ1n) is 6.10. The molecule has 1 unspecified atom stereocenters. The highest BCUT2D eigenvalue weighted by atomic mass is 79.9. The average Bonchev–Trinajstić information content (AvgIpc) is 2.42. The number of anilines is 1. The van der Waals surface area contributed by atoms with Crippen LogP contribution in [-0.4, -0.2) is 11.7 Å². The molecule has 0 radical (unpaired) electrons. The van der Waals surface area contributed by atoms with Gasteiger partial charge in [-0.3, -0.25) is 0 Å². The molecule has 2 nitrogen and oxygen atoms in total. The molecule has 106 valence electrons. The summed E-state index contributed by atoms with van der Waals surface area (Å²) in [4.78, 5) is 0. The van der Waals surface area contributed by atoms with Crippen LogP contribution in [0.25, 0.3) is 0 Å². The molecule has 0 fully saturated rings. The minimum atomic E-state index is -1.12. The van der Waals surface area contributed by atoms with E-state index in [0.717, 1.165) is 33.9 Å². The topological polar surface area (TPSA) is 32.3 Å². The number of nitrogens with one attached hydrogen (secondary N) is 1. The predicted octanol–water partition coefficient (Wildman–Crippen LogP) is 4.18. The van der Waals surface area contributed by atoms with Gasteiger partial charge in [0.2, 0.25) is 0 Å². The van der Waals surface area contributed by atoms with Gasteiger partial charge < -0.3 is 10.4 Å². The van der Waals surface area contributed by atoms with Gasteiger partial charge in [0.15, 0.2) is 0 Å². The van der Waals surface area contributed by atoms with Gasteiger partial charge in [-0.25, -0.2) is 8.78 Å². The molecular weight excluding hydrogens is 328 g/mol. The fourth-order valence-electron chi connectivity index (χ4n) is 1.80. The van der Waals surface area contributed by atoms with Crippen molar-refractivity contribution in [1.82, 2.24) is 0 Å². The summed E-state index contributed by atoms with van der Waals surface area (Å²) in [5.74, 6) is -1.19. The molecule has 2 N–H and O–H groups in total. The highest BCUT2D eigenvalue weighted by molar-refractivity contribution is 9.10. The van der Waals surface area contributed by atoms with Crippen LogP contribution in [0, 0.1) is 18.6 Å². The summed E-state index contributed by atoms with van der Waals surface area (Å²) in [7, 11) is 0. The van der Waals surface area contributed by atoms with Gasteiger partial charge in [0, 0.05) is 22.3 Å². The van der Waals surface area contributed by atoms with E-state index in [1.165, 1.54) is 0 Å². The van der Waals surface area contributed by atoms with E-state index < -0.39 is 17.7 Å². The third-order valence-electron chi connectivity index (χ3n) is 2.99. The number of hydrogen-bond donors (Lipinski definition) is 2. The van der Waals surface area contributed by atoms with E-state index in [4.69, 9.17) is 0 Å². The van der Waals surface area contributed by atoms with Gasteiger partial charge in [-0.1, -0.05) is 22.0 Å². The van der Waals surface area contributed by atoms with Crippen LogP contribution >= 0.6 is 15.9 Å². The second-order valence-electron chi connectivity index (χ2n) is 4.53. The largest absolute Gasteiger partial charge is 0.386 e. The maximum atomic E-state index is 13.5. The van der Waals surface area contributed by atoms with Crippen LogP contribution in [0.1, 0.15) is 17.2 Å². The van der Waals surface area contributed by atoms with Crippen molar-refractivity contribution in [2.45, 2.75) is 13.0 Å². The second-order valence-corrected chi connectivity index (χ2v) is 5.38. The zero-order valence-corrected chi connectivity index (χ0v) is 12.4. The van der Waals surface area contributed by atoms with Crippen molar-refractivity contribution in [1.29, 1.82) is 0 Å². The Bertz CT molecular complexity index is 619. The van der Waals surface area contributed by atoms with Crippen LogP contribution in [-0.2, 0) is 0 Å². The third kappa shape index (κ3) is 3.55. The lowest BCUT2D eigenvalue weighted by atomic mass is 10.1. The van der Waals surface area contributed by atoms with E-state index in [2.05, 4.69) is 21.2 Å². The number of aliphatic hydroxyl groups excluding tert-OH is 1. The molecule has 20 heavy (non-hydrogen) atoms. The standard InChI is InChI=1S/C15H14BrF2NO/c1-9-2-4-11(7-13(9)16)19-8-15(20)12-6-10(17)3-5-14(12)18/h2-7,15,19-20H,8H2,1H3. The maximum absolute atomic E-state index is 13.5. The van der Waals surface area contributed by atoms with Crippen molar-refractivity contribution in [3.8, 4) is 0 Å². The van der Waals surface area contributed by atoms with Crippen LogP contribution in [0.2, 0.25) is 0 Å². The van der Waals surface area contributed by atoms with Gasteiger partial charge in [-0.05, 0) is 42.8 Å². The van der Waals surface area contributed by atoms with Gasteiger partial charge in [-0.2, -0.15) is 0 Å². The number of rotatable bonds is 4. The van der Waals surface area contributed by atoms with Crippen molar-refractivity contribution in [2.75, 3.05) is 11.9 Å². The first-order chi connectivity index (χ1) is 9.47. The summed E-state index contributed by atoms with van der Waals surface area (Å²) in [5.41, 5.74) is 1.83. The first kappa shape index (κ1) is 14.9. The lowest BCUT2D eigenvalue weighted by Crippen LogP contribution is -2.13. The normalized spacial score (nSPS) is 12.2. The molecule has 0 saturated heterocycles. The number of aryl methyl sites for hydroxylation is 1. The van der Waals surface area contributed by atoms with Crippen molar-refractivity contribution < 1.29 is 13.9 Å². The fourth-order valence-corrected chi connectivity index (χ4v) is 2.18. The van der Waals surface area contributed by atoms with Gasteiger partial charge in [0.1, 0.15) is 11.6 Å². The third-order valence-corrected chi connectivity index (χ3v) is 3.84. The van der Waals surface area contributed by atoms with Crippen LogP contribution in [0.15, 0.2) is 40.9 Å². The molecule has 0 saturated carbocycles. The molecule has 0 aliphatic heterocycles. The van der Waals surface area contributed by atoms with Crippen LogP contribution in [0.5, 0.6) is 0 Å².